The molecule has 2 atom stereocenters. The smallest absolute Gasteiger partial charge is 0.329 e. The Morgan fingerprint density at radius 1 is 1.19 bits per heavy atom. The summed E-state index contributed by atoms with van der Waals surface area (Å²) in [4.78, 5) is 43.3. The van der Waals surface area contributed by atoms with Crippen molar-refractivity contribution in [1.29, 1.82) is 0 Å². The zero-order chi connectivity index (χ0) is 22.8. The van der Waals surface area contributed by atoms with Gasteiger partial charge >= 0.3 is 5.97 Å². The number of rotatable bonds is 8. The molecule has 0 saturated carbocycles. The molecule has 31 heavy (non-hydrogen) atoms. The largest absolute Gasteiger partial charge is 0.464 e. The summed E-state index contributed by atoms with van der Waals surface area (Å²) in [5.74, 6) is 4.54. The van der Waals surface area contributed by atoms with Gasteiger partial charge in [0.05, 0.1) is 32.3 Å². The molecule has 0 spiro atoms. The summed E-state index contributed by atoms with van der Waals surface area (Å²) in [5, 5.41) is 0. The molecule has 8 nitrogen and oxygen atoms in total. The molecule has 174 valence electrons. The number of unbranched alkanes of at least 4 members (excludes halogenated alkanes) is 1. The van der Waals surface area contributed by atoms with Crippen molar-refractivity contribution < 1.29 is 23.9 Å². The van der Waals surface area contributed by atoms with E-state index in [1.807, 2.05) is 20.8 Å². The first-order valence-electron chi connectivity index (χ1n) is 11.4. The highest BCUT2D eigenvalue weighted by Crippen LogP contribution is 2.22. The van der Waals surface area contributed by atoms with Crippen LogP contribution in [0.3, 0.4) is 0 Å². The molecule has 0 unspecified atom stereocenters. The second-order valence-corrected chi connectivity index (χ2v) is 8.59. The van der Waals surface area contributed by atoms with E-state index in [1.54, 1.807) is 11.9 Å². The summed E-state index contributed by atoms with van der Waals surface area (Å²) in [6, 6.07) is -0.623. The van der Waals surface area contributed by atoms with E-state index in [0.29, 0.717) is 45.9 Å². The van der Waals surface area contributed by atoms with Crippen molar-refractivity contribution in [2.24, 2.45) is 11.8 Å². The van der Waals surface area contributed by atoms with Crippen LogP contribution in [0.15, 0.2) is 0 Å². The van der Waals surface area contributed by atoms with Crippen molar-refractivity contribution >= 4 is 17.8 Å². The molecule has 2 rings (SSSR count). The van der Waals surface area contributed by atoms with Gasteiger partial charge in [0.2, 0.25) is 5.91 Å². The molecule has 2 aliphatic rings. The predicted molar refractivity (Wildman–Crippen MR) is 117 cm³/mol. The average Bonchev–Trinajstić information content (AvgIpc) is 3.24. The number of hydrogen-bond donors (Lipinski definition) is 0. The molecule has 0 aliphatic carbocycles. The van der Waals surface area contributed by atoms with E-state index >= 15 is 0 Å². The van der Waals surface area contributed by atoms with E-state index in [2.05, 4.69) is 16.7 Å². The number of ether oxygens (including phenoxy) is 2. The molecule has 0 aromatic heterocycles. The van der Waals surface area contributed by atoms with E-state index in [-0.39, 0.29) is 29.6 Å². The third-order valence-electron chi connectivity index (χ3n) is 5.81. The lowest BCUT2D eigenvalue weighted by Gasteiger charge is -2.31. The fraction of sp³-hybridized carbons (Fsp3) is 0.783. The lowest BCUT2D eigenvalue weighted by Crippen LogP contribution is -2.49. The van der Waals surface area contributed by atoms with Crippen LogP contribution in [0.5, 0.6) is 0 Å². The van der Waals surface area contributed by atoms with Crippen LogP contribution in [-0.2, 0) is 23.9 Å². The SMILES string of the molecule is CCCCOC(=O)[C@H](C(C)C)N(C)C(=O)[C@H]1CCN(C(=O)C#CCN2CCOCC2)C1. The molecule has 0 N–H and O–H groups in total. The van der Waals surface area contributed by atoms with Crippen LogP contribution in [0.25, 0.3) is 0 Å². The standard InChI is InChI=1S/C23H37N3O5/c1-5-6-14-31-23(29)21(18(2)3)24(4)22(28)19-9-11-26(17-19)20(27)8-7-10-25-12-15-30-16-13-25/h18-19,21H,5-6,9-17H2,1-4H3/t19-,21-/m0/s1. The molecular formula is C23H37N3O5. The normalized spacial score (nSPS) is 20.2. The maximum Gasteiger partial charge on any atom is 0.329 e. The number of amides is 2. The minimum atomic E-state index is -0.623. The lowest BCUT2D eigenvalue weighted by molar-refractivity contribution is -0.157. The second-order valence-electron chi connectivity index (χ2n) is 8.59. The number of hydrogen-bond acceptors (Lipinski definition) is 6. The number of likely N-dealkylation sites (tertiary alicyclic amines) is 1. The van der Waals surface area contributed by atoms with Crippen molar-refractivity contribution in [3.63, 3.8) is 0 Å². The fourth-order valence-electron chi connectivity index (χ4n) is 3.92. The van der Waals surface area contributed by atoms with Crippen molar-refractivity contribution in [2.45, 2.75) is 46.1 Å². The number of carbonyl (C=O) groups is 3. The van der Waals surface area contributed by atoms with E-state index in [4.69, 9.17) is 9.47 Å². The van der Waals surface area contributed by atoms with Gasteiger partial charge in [-0.05, 0) is 24.7 Å². The molecular weight excluding hydrogens is 398 g/mol. The van der Waals surface area contributed by atoms with Gasteiger partial charge in [-0.3, -0.25) is 14.5 Å². The van der Waals surface area contributed by atoms with E-state index in [9.17, 15) is 14.4 Å². The molecule has 0 aromatic rings. The summed E-state index contributed by atoms with van der Waals surface area (Å²) in [7, 11) is 1.65. The first-order valence-corrected chi connectivity index (χ1v) is 11.4. The van der Waals surface area contributed by atoms with Gasteiger partial charge < -0.3 is 19.3 Å². The zero-order valence-electron chi connectivity index (χ0n) is 19.4. The van der Waals surface area contributed by atoms with Gasteiger partial charge in [-0.2, -0.15) is 0 Å². The Hall–Kier alpha value is -2.11. The number of nitrogens with zero attached hydrogens (tertiary/aromatic N) is 3. The molecule has 8 heteroatoms. The van der Waals surface area contributed by atoms with E-state index < -0.39 is 6.04 Å². The highest BCUT2D eigenvalue weighted by molar-refractivity contribution is 5.94. The molecule has 2 aliphatic heterocycles. The molecule has 0 aromatic carbocycles. The third kappa shape index (κ3) is 7.51. The van der Waals surface area contributed by atoms with E-state index in [0.717, 1.165) is 25.9 Å². The van der Waals surface area contributed by atoms with Crippen molar-refractivity contribution in [1.82, 2.24) is 14.7 Å². The predicted octanol–water partition coefficient (Wildman–Crippen LogP) is 0.997. The Morgan fingerprint density at radius 3 is 2.55 bits per heavy atom. The highest BCUT2D eigenvalue weighted by Gasteiger charge is 2.37. The molecule has 2 saturated heterocycles. The summed E-state index contributed by atoms with van der Waals surface area (Å²) >= 11 is 0. The zero-order valence-corrected chi connectivity index (χ0v) is 19.4. The summed E-state index contributed by atoms with van der Waals surface area (Å²) in [6.07, 6.45) is 2.33. The number of carbonyl (C=O) groups excluding carboxylic acids is 3. The number of likely N-dealkylation sites (N-methyl/N-ethyl adjacent to an activating group) is 1. The number of morpholine rings is 1. The van der Waals surface area contributed by atoms with Crippen molar-refractivity contribution in [3.05, 3.63) is 0 Å². The topological polar surface area (TPSA) is 79.4 Å². The van der Waals surface area contributed by atoms with Crippen LogP contribution in [0, 0.1) is 23.7 Å². The van der Waals surface area contributed by atoms with Gasteiger partial charge in [-0.15, -0.1) is 0 Å². The van der Waals surface area contributed by atoms with Crippen LogP contribution in [0.2, 0.25) is 0 Å². The molecule has 0 radical (unpaired) electrons. The average molecular weight is 436 g/mol. The van der Waals surface area contributed by atoms with Gasteiger partial charge in [0.15, 0.2) is 0 Å². The van der Waals surface area contributed by atoms with Gasteiger partial charge in [-0.1, -0.05) is 33.1 Å². The summed E-state index contributed by atoms with van der Waals surface area (Å²) < 4.78 is 10.7. The maximum absolute atomic E-state index is 13.0. The second kappa shape index (κ2) is 12.7. The van der Waals surface area contributed by atoms with Crippen molar-refractivity contribution in [3.8, 4) is 11.8 Å². The summed E-state index contributed by atoms with van der Waals surface area (Å²) in [5.41, 5.74) is 0. The first kappa shape index (κ1) is 25.2. The van der Waals surface area contributed by atoms with Crippen LogP contribution in [-0.4, -0.2) is 98.1 Å². The van der Waals surface area contributed by atoms with Gasteiger partial charge in [0, 0.05) is 33.2 Å². The molecule has 2 fully saturated rings. The highest BCUT2D eigenvalue weighted by atomic mass is 16.5. The van der Waals surface area contributed by atoms with E-state index in [1.165, 1.54) is 4.90 Å². The lowest BCUT2D eigenvalue weighted by atomic mass is 10.00. The van der Waals surface area contributed by atoms with Crippen LogP contribution < -0.4 is 0 Å². The monoisotopic (exact) mass is 435 g/mol. The quantitative estimate of drug-likeness (QED) is 0.322. The van der Waals surface area contributed by atoms with Gasteiger partial charge in [0.25, 0.3) is 5.91 Å². The Morgan fingerprint density at radius 2 is 1.90 bits per heavy atom. The first-order chi connectivity index (χ1) is 14.8. The summed E-state index contributed by atoms with van der Waals surface area (Å²) in [6.45, 7) is 10.6. The molecule has 2 heterocycles. The fourth-order valence-corrected chi connectivity index (χ4v) is 3.92. The maximum atomic E-state index is 13.0. The van der Waals surface area contributed by atoms with Crippen LogP contribution in [0.4, 0.5) is 0 Å². The minimum absolute atomic E-state index is 0.0618. The Labute approximate surface area is 186 Å². The molecule has 0 bridgehead atoms. The van der Waals surface area contributed by atoms with Crippen LogP contribution >= 0.6 is 0 Å². The van der Waals surface area contributed by atoms with Crippen LogP contribution in [0.1, 0.15) is 40.0 Å². The Balaban J connectivity index is 1.87. The van der Waals surface area contributed by atoms with Gasteiger partial charge in [0.1, 0.15) is 6.04 Å². The van der Waals surface area contributed by atoms with Gasteiger partial charge in [-0.25, -0.2) is 4.79 Å². The third-order valence-corrected chi connectivity index (χ3v) is 5.81. The molecule has 2 amide bonds. The Kier molecular flexibility index (Phi) is 10.3. The minimum Gasteiger partial charge on any atom is -0.464 e. The number of esters is 1. The Bertz CT molecular complexity index is 678. The van der Waals surface area contributed by atoms with Crippen molar-refractivity contribution in [2.75, 3.05) is 59.6 Å².